The van der Waals surface area contributed by atoms with Crippen molar-refractivity contribution in [2.45, 2.75) is 26.9 Å². The van der Waals surface area contributed by atoms with E-state index in [-0.39, 0.29) is 5.91 Å². The fraction of sp³-hybridized carbons (Fsp3) is 0.364. The molecule has 0 aromatic carbocycles. The Kier molecular flexibility index (Phi) is 3.31. The van der Waals surface area contributed by atoms with Crippen LogP contribution in [-0.4, -0.2) is 25.7 Å². The SMILES string of the molecule is CCn1nc(C)c(N)c1C(=O)NCc1cnc[nH]1. The van der Waals surface area contributed by atoms with Gasteiger partial charge >= 0.3 is 0 Å². The Morgan fingerprint density at radius 3 is 3.00 bits per heavy atom. The van der Waals surface area contributed by atoms with Gasteiger partial charge in [-0.05, 0) is 13.8 Å². The van der Waals surface area contributed by atoms with Crippen LogP contribution < -0.4 is 11.1 Å². The zero-order valence-electron chi connectivity index (χ0n) is 10.4. The van der Waals surface area contributed by atoms with Gasteiger partial charge in [0, 0.05) is 12.7 Å². The molecule has 18 heavy (non-hydrogen) atoms. The first-order valence-electron chi connectivity index (χ1n) is 5.71. The Hall–Kier alpha value is -2.31. The van der Waals surface area contributed by atoms with Crippen LogP contribution in [0.25, 0.3) is 0 Å². The summed E-state index contributed by atoms with van der Waals surface area (Å²) in [5, 5.41) is 6.98. The first-order valence-corrected chi connectivity index (χ1v) is 5.71. The maximum absolute atomic E-state index is 12.1. The lowest BCUT2D eigenvalue weighted by molar-refractivity contribution is 0.0940. The second kappa shape index (κ2) is 4.91. The van der Waals surface area contributed by atoms with Gasteiger partial charge in [-0.25, -0.2) is 4.98 Å². The normalized spacial score (nSPS) is 10.6. The smallest absolute Gasteiger partial charge is 0.272 e. The predicted octanol–water partition coefficient (Wildman–Crippen LogP) is 0.447. The minimum absolute atomic E-state index is 0.232. The van der Waals surface area contributed by atoms with Crippen LogP contribution in [0.15, 0.2) is 12.5 Å². The van der Waals surface area contributed by atoms with Crippen LogP contribution in [0.3, 0.4) is 0 Å². The molecule has 0 saturated carbocycles. The summed E-state index contributed by atoms with van der Waals surface area (Å²) in [6.45, 7) is 4.68. The minimum Gasteiger partial charge on any atom is -0.395 e. The van der Waals surface area contributed by atoms with E-state index < -0.39 is 0 Å². The van der Waals surface area contributed by atoms with E-state index in [1.807, 2.05) is 6.92 Å². The molecule has 7 heteroatoms. The standard InChI is InChI=1S/C11H16N6O/c1-3-17-10(9(12)7(2)16-17)11(18)14-5-8-4-13-6-15-8/h4,6H,3,5,12H2,1-2H3,(H,13,15)(H,14,18). The number of H-pyrrole nitrogens is 1. The zero-order valence-corrected chi connectivity index (χ0v) is 10.4. The number of nitrogens with zero attached hydrogens (tertiary/aromatic N) is 3. The van der Waals surface area contributed by atoms with Crippen LogP contribution in [0.4, 0.5) is 5.69 Å². The van der Waals surface area contributed by atoms with Gasteiger partial charge < -0.3 is 16.0 Å². The summed E-state index contributed by atoms with van der Waals surface area (Å²) in [5.41, 5.74) is 8.21. The van der Waals surface area contributed by atoms with Gasteiger partial charge in [0.05, 0.1) is 29.9 Å². The van der Waals surface area contributed by atoms with Crippen LogP contribution in [-0.2, 0) is 13.1 Å². The average molecular weight is 248 g/mol. The highest BCUT2D eigenvalue weighted by atomic mass is 16.2. The maximum Gasteiger partial charge on any atom is 0.272 e. The van der Waals surface area contributed by atoms with Gasteiger partial charge in [-0.15, -0.1) is 0 Å². The number of carbonyl (C=O) groups is 1. The molecule has 7 nitrogen and oxygen atoms in total. The number of imidazole rings is 1. The van der Waals surface area contributed by atoms with Gasteiger partial charge in [0.25, 0.3) is 5.91 Å². The van der Waals surface area contributed by atoms with Gasteiger partial charge in [0.2, 0.25) is 0 Å². The molecule has 0 bridgehead atoms. The molecule has 0 fully saturated rings. The van der Waals surface area contributed by atoms with Crippen LogP contribution in [0.2, 0.25) is 0 Å². The predicted molar refractivity (Wildman–Crippen MR) is 66.8 cm³/mol. The Balaban J connectivity index is 2.13. The van der Waals surface area contributed by atoms with E-state index in [0.29, 0.717) is 30.2 Å². The van der Waals surface area contributed by atoms with Crippen molar-refractivity contribution in [3.05, 3.63) is 29.6 Å². The third kappa shape index (κ3) is 2.20. The van der Waals surface area contributed by atoms with Gasteiger partial charge in [-0.1, -0.05) is 0 Å². The summed E-state index contributed by atoms with van der Waals surface area (Å²) in [7, 11) is 0. The fourth-order valence-corrected chi connectivity index (χ4v) is 1.70. The number of aromatic amines is 1. The molecule has 0 unspecified atom stereocenters. The molecule has 96 valence electrons. The number of amides is 1. The molecule has 0 aliphatic rings. The number of nitrogens with one attached hydrogen (secondary N) is 2. The number of aromatic nitrogens is 4. The third-order valence-corrected chi connectivity index (χ3v) is 2.68. The van der Waals surface area contributed by atoms with Crippen molar-refractivity contribution >= 4 is 11.6 Å². The molecule has 0 radical (unpaired) electrons. The molecule has 0 aliphatic heterocycles. The van der Waals surface area contributed by atoms with Crippen molar-refractivity contribution in [3.63, 3.8) is 0 Å². The number of aryl methyl sites for hydroxylation is 2. The number of rotatable bonds is 4. The molecule has 2 aromatic rings. The van der Waals surface area contributed by atoms with Gasteiger partial charge in [0.1, 0.15) is 5.69 Å². The highest BCUT2D eigenvalue weighted by molar-refractivity contribution is 5.97. The Labute approximate surface area is 104 Å². The molecule has 4 N–H and O–H groups in total. The van der Waals surface area contributed by atoms with Gasteiger partial charge in [-0.2, -0.15) is 5.10 Å². The van der Waals surface area contributed by atoms with E-state index in [2.05, 4.69) is 20.4 Å². The van der Waals surface area contributed by atoms with Crippen LogP contribution >= 0.6 is 0 Å². The Morgan fingerprint density at radius 1 is 1.61 bits per heavy atom. The zero-order chi connectivity index (χ0) is 13.1. The number of anilines is 1. The molecule has 2 aromatic heterocycles. The van der Waals surface area contributed by atoms with Crippen molar-refractivity contribution in [2.75, 3.05) is 5.73 Å². The highest BCUT2D eigenvalue weighted by Gasteiger charge is 2.18. The lowest BCUT2D eigenvalue weighted by atomic mass is 10.3. The van der Waals surface area contributed by atoms with Crippen molar-refractivity contribution in [1.29, 1.82) is 0 Å². The second-order valence-electron chi connectivity index (χ2n) is 3.92. The molecule has 2 heterocycles. The van der Waals surface area contributed by atoms with E-state index in [0.717, 1.165) is 5.69 Å². The lowest BCUT2D eigenvalue weighted by Crippen LogP contribution is -2.26. The van der Waals surface area contributed by atoms with Crippen molar-refractivity contribution in [3.8, 4) is 0 Å². The van der Waals surface area contributed by atoms with Crippen molar-refractivity contribution in [1.82, 2.24) is 25.1 Å². The van der Waals surface area contributed by atoms with E-state index >= 15 is 0 Å². The largest absolute Gasteiger partial charge is 0.395 e. The molecule has 0 saturated heterocycles. The molecular formula is C11H16N6O. The van der Waals surface area contributed by atoms with Crippen molar-refractivity contribution < 1.29 is 4.79 Å². The maximum atomic E-state index is 12.1. The van der Waals surface area contributed by atoms with Crippen LogP contribution in [0.1, 0.15) is 28.8 Å². The number of nitrogens with two attached hydrogens (primary N) is 1. The summed E-state index contributed by atoms with van der Waals surface area (Å²) in [6, 6.07) is 0. The Bertz CT molecular complexity index is 542. The Morgan fingerprint density at radius 2 is 2.39 bits per heavy atom. The van der Waals surface area contributed by atoms with Crippen LogP contribution in [0.5, 0.6) is 0 Å². The lowest BCUT2D eigenvalue weighted by Gasteiger charge is -2.06. The first kappa shape index (κ1) is 12.2. The quantitative estimate of drug-likeness (QED) is 0.731. The monoisotopic (exact) mass is 248 g/mol. The molecule has 1 amide bonds. The third-order valence-electron chi connectivity index (χ3n) is 2.68. The van der Waals surface area contributed by atoms with Crippen LogP contribution in [0, 0.1) is 6.92 Å². The fourth-order valence-electron chi connectivity index (χ4n) is 1.70. The summed E-state index contributed by atoms with van der Waals surface area (Å²) >= 11 is 0. The number of carbonyl (C=O) groups excluding carboxylic acids is 1. The second-order valence-corrected chi connectivity index (χ2v) is 3.92. The van der Waals surface area contributed by atoms with E-state index in [4.69, 9.17) is 5.73 Å². The summed E-state index contributed by atoms with van der Waals surface area (Å²) in [5.74, 6) is -0.232. The molecule has 0 aliphatic carbocycles. The van der Waals surface area contributed by atoms with E-state index in [9.17, 15) is 4.79 Å². The minimum atomic E-state index is -0.232. The van der Waals surface area contributed by atoms with Crippen molar-refractivity contribution in [2.24, 2.45) is 0 Å². The highest BCUT2D eigenvalue weighted by Crippen LogP contribution is 2.16. The topological polar surface area (TPSA) is 102 Å². The number of hydrogen-bond donors (Lipinski definition) is 3. The average Bonchev–Trinajstić information content (AvgIpc) is 2.96. The molecule has 0 atom stereocenters. The molecule has 0 spiro atoms. The van der Waals surface area contributed by atoms with E-state index in [1.165, 1.54) is 0 Å². The van der Waals surface area contributed by atoms with Gasteiger partial charge in [-0.3, -0.25) is 9.48 Å². The molecule has 2 rings (SSSR count). The molecular weight excluding hydrogens is 232 g/mol. The number of hydrogen-bond acceptors (Lipinski definition) is 4. The van der Waals surface area contributed by atoms with E-state index in [1.54, 1.807) is 24.1 Å². The summed E-state index contributed by atoms with van der Waals surface area (Å²) in [4.78, 5) is 18.9. The first-order chi connectivity index (χ1) is 8.63. The summed E-state index contributed by atoms with van der Waals surface area (Å²) in [6.07, 6.45) is 3.22. The summed E-state index contributed by atoms with van der Waals surface area (Å²) < 4.78 is 1.60. The number of nitrogen functional groups attached to an aromatic ring is 1. The van der Waals surface area contributed by atoms with Gasteiger partial charge in [0.15, 0.2) is 0 Å².